The lowest BCUT2D eigenvalue weighted by atomic mass is 9.91. The van der Waals surface area contributed by atoms with Gasteiger partial charge >= 0.3 is 6.03 Å². The van der Waals surface area contributed by atoms with Crippen LogP contribution in [0.5, 0.6) is 0 Å². The third-order valence-electron chi connectivity index (χ3n) is 4.83. The number of benzene rings is 1. The van der Waals surface area contributed by atoms with Gasteiger partial charge in [-0.25, -0.2) is 4.79 Å². The van der Waals surface area contributed by atoms with E-state index in [0.29, 0.717) is 12.5 Å². The molecule has 1 saturated heterocycles. The summed E-state index contributed by atoms with van der Waals surface area (Å²) in [5.41, 5.74) is 13.1. The Morgan fingerprint density at radius 2 is 2.08 bits per heavy atom. The van der Waals surface area contributed by atoms with Crippen molar-refractivity contribution in [3.8, 4) is 0 Å². The van der Waals surface area contributed by atoms with Crippen LogP contribution in [-0.2, 0) is 4.79 Å². The number of primary amides is 1. The summed E-state index contributed by atoms with van der Waals surface area (Å²) in [5, 5.41) is 2.71. The molecule has 3 amide bonds. The summed E-state index contributed by atoms with van der Waals surface area (Å²) in [7, 11) is 0. The molecular weight excluding hydrogens is 304 g/mol. The highest BCUT2D eigenvalue weighted by Gasteiger charge is 2.30. The normalized spacial score (nSPS) is 22.0. The Balaban J connectivity index is 2.15. The molecule has 6 heteroatoms. The van der Waals surface area contributed by atoms with Crippen LogP contribution in [0, 0.1) is 12.8 Å². The van der Waals surface area contributed by atoms with Crippen LogP contribution >= 0.6 is 0 Å². The summed E-state index contributed by atoms with van der Waals surface area (Å²) in [5.74, 6) is 0.595. The van der Waals surface area contributed by atoms with Crippen LogP contribution < -0.4 is 16.8 Å². The van der Waals surface area contributed by atoms with Gasteiger partial charge in [-0.15, -0.1) is 0 Å². The van der Waals surface area contributed by atoms with Gasteiger partial charge in [0.05, 0.1) is 12.5 Å². The van der Waals surface area contributed by atoms with E-state index in [1.165, 1.54) is 0 Å². The smallest absolute Gasteiger partial charge is 0.312 e. The highest BCUT2D eigenvalue weighted by Crippen LogP contribution is 2.26. The fourth-order valence-electron chi connectivity index (χ4n) is 3.48. The highest BCUT2D eigenvalue weighted by molar-refractivity contribution is 5.79. The second kappa shape index (κ2) is 8.15. The molecule has 3 atom stereocenters. The third kappa shape index (κ3) is 4.47. The molecular formula is C18H28N4O2. The second-order valence-corrected chi connectivity index (χ2v) is 6.73. The van der Waals surface area contributed by atoms with E-state index in [0.717, 1.165) is 30.5 Å². The number of rotatable bonds is 5. The maximum atomic E-state index is 12.8. The van der Waals surface area contributed by atoms with Gasteiger partial charge in [-0.2, -0.15) is 0 Å². The fourth-order valence-corrected chi connectivity index (χ4v) is 3.48. The number of piperidine rings is 1. The number of aryl methyl sites for hydroxylation is 1. The zero-order valence-corrected chi connectivity index (χ0v) is 14.5. The first kappa shape index (κ1) is 18.3. The van der Waals surface area contributed by atoms with Crippen LogP contribution in [0.2, 0.25) is 0 Å². The number of hydrogen-bond donors (Lipinski definition) is 3. The average Bonchev–Trinajstić information content (AvgIpc) is 2.54. The Kier molecular flexibility index (Phi) is 6.20. The van der Waals surface area contributed by atoms with Crippen LogP contribution in [0.25, 0.3) is 0 Å². The molecule has 1 aliphatic heterocycles. The lowest BCUT2D eigenvalue weighted by Gasteiger charge is -2.38. The zero-order chi connectivity index (χ0) is 17.7. The standard InChI is InChI=1S/C18H28N4O2/c1-12-7-8-22(14(9-12)11-19)17(23)10-16(21-18(20)24)15-6-4-3-5-13(15)2/h3-6,12,14,16H,7-11,19H2,1-2H3,(H3,20,21,24). The molecule has 0 spiro atoms. The Bertz CT molecular complexity index is 590. The highest BCUT2D eigenvalue weighted by atomic mass is 16.2. The van der Waals surface area contributed by atoms with E-state index in [9.17, 15) is 9.59 Å². The molecule has 1 fully saturated rings. The van der Waals surface area contributed by atoms with Gasteiger partial charge in [0.2, 0.25) is 5.91 Å². The monoisotopic (exact) mass is 332 g/mol. The van der Waals surface area contributed by atoms with Gasteiger partial charge in [0.1, 0.15) is 0 Å². The van der Waals surface area contributed by atoms with Crippen molar-refractivity contribution in [1.29, 1.82) is 0 Å². The first-order valence-corrected chi connectivity index (χ1v) is 8.53. The van der Waals surface area contributed by atoms with Crippen molar-refractivity contribution in [3.63, 3.8) is 0 Å². The summed E-state index contributed by atoms with van der Waals surface area (Å²) < 4.78 is 0. The second-order valence-electron chi connectivity index (χ2n) is 6.73. The third-order valence-corrected chi connectivity index (χ3v) is 4.83. The maximum Gasteiger partial charge on any atom is 0.312 e. The van der Waals surface area contributed by atoms with Crippen LogP contribution in [0.15, 0.2) is 24.3 Å². The number of amides is 3. The predicted octanol–water partition coefficient (Wildman–Crippen LogP) is 1.68. The number of urea groups is 1. The maximum absolute atomic E-state index is 12.8. The molecule has 1 aromatic rings. The molecule has 1 aliphatic rings. The van der Waals surface area contributed by atoms with Crippen molar-refractivity contribution in [1.82, 2.24) is 10.2 Å². The van der Waals surface area contributed by atoms with Gasteiger partial charge in [-0.3, -0.25) is 4.79 Å². The Labute approximate surface area is 143 Å². The average molecular weight is 332 g/mol. The van der Waals surface area contributed by atoms with Gasteiger partial charge in [0, 0.05) is 19.1 Å². The molecule has 0 aromatic heterocycles. The number of nitrogens with zero attached hydrogens (tertiary/aromatic N) is 1. The fraction of sp³-hybridized carbons (Fsp3) is 0.556. The van der Waals surface area contributed by atoms with E-state index in [-0.39, 0.29) is 18.4 Å². The number of likely N-dealkylation sites (tertiary alicyclic amines) is 1. The van der Waals surface area contributed by atoms with Crippen molar-refractivity contribution in [3.05, 3.63) is 35.4 Å². The molecule has 0 aliphatic carbocycles. The molecule has 1 aromatic carbocycles. The van der Waals surface area contributed by atoms with E-state index >= 15 is 0 Å². The molecule has 6 nitrogen and oxygen atoms in total. The van der Waals surface area contributed by atoms with E-state index in [1.54, 1.807) is 0 Å². The number of nitrogens with two attached hydrogens (primary N) is 2. The molecule has 0 bridgehead atoms. The molecule has 0 radical (unpaired) electrons. The summed E-state index contributed by atoms with van der Waals surface area (Å²) in [4.78, 5) is 26.1. The van der Waals surface area contributed by atoms with Crippen LogP contribution in [0.4, 0.5) is 4.79 Å². The van der Waals surface area contributed by atoms with Gasteiger partial charge in [-0.05, 0) is 36.8 Å². The van der Waals surface area contributed by atoms with E-state index in [4.69, 9.17) is 11.5 Å². The molecule has 1 heterocycles. The van der Waals surface area contributed by atoms with E-state index in [2.05, 4.69) is 12.2 Å². The minimum absolute atomic E-state index is 0.0133. The molecule has 0 saturated carbocycles. The van der Waals surface area contributed by atoms with Gasteiger partial charge < -0.3 is 21.7 Å². The summed E-state index contributed by atoms with van der Waals surface area (Å²) in [6.45, 7) is 5.34. The SMILES string of the molecule is Cc1ccccc1C(CC(=O)N1CCC(C)CC1CN)NC(N)=O. The van der Waals surface area contributed by atoms with Gasteiger partial charge in [0.15, 0.2) is 0 Å². The number of carbonyl (C=O) groups excluding carboxylic acids is 2. The van der Waals surface area contributed by atoms with Crippen molar-refractivity contribution < 1.29 is 9.59 Å². The molecule has 132 valence electrons. The summed E-state index contributed by atoms with van der Waals surface area (Å²) in [6, 6.07) is 6.73. The van der Waals surface area contributed by atoms with E-state index < -0.39 is 12.1 Å². The Morgan fingerprint density at radius 1 is 1.38 bits per heavy atom. The van der Waals surface area contributed by atoms with Crippen LogP contribution in [0.1, 0.15) is 43.4 Å². The van der Waals surface area contributed by atoms with Gasteiger partial charge in [0.25, 0.3) is 0 Å². The zero-order valence-electron chi connectivity index (χ0n) is 14.5. The topological polar surface area (TPSA) is 101 Å². The van der Waals surface area contributed by atoms with Crippen molar-refractivity contribution in [2.75, 3.05) is 13.1 Å². The predicted molar refractivity (Wildman–Crippen MR) is 94.2 cm³/mol. The first-order chi connectivity index (χ1) is 11.4. The summed E-state index contributed by atoms with van der Waals surface area (Å²) >= 11 is 0. The van der Waals surface area contributed by atoms with Crippen LogP contribution in [-0.4, -0.2) is 36.0 Å². The molecule has 24 heavy (non-hydrogen) atoms. The largest absolute Gasteiger partial charge is 0.352 e. The molecule has 5 N–H and O–H groups in total. The summed E-state index contributed by atoms with van der Waals surface area (Å²) in [6.07, 6.45) is 2.11. The van der Waals surface area contributed by atoms with E-state index in [1.807, 2.05) is 36.1 Å². The lowest BCUT2D eigenvalue weighted by Crippen LogP contribution is -2.50. The molecule has 3 unspecified atom stereocenters. The van der Waals surface area contributed by atoms with Crippen LogP contribution in [0.3, 0.4) is 0 Å². The molecule has 2 rings (SSSR count). The first-order valence-electron chi connectivity index (χ1n) is 8.53. The number of nitrogens with one attached hydrogen (secondary N) is 1. The number of carbonyl (C=O) groups is 2. The van der Waals surface area contributed by atoms with Crippen molar-refractivity contribution in [2.45, 2.75) is 45.2 Å². The van der Waals surface area contributed by atoms with Crippen molar-refractivity contribution in [2.24, 2.45) is 17.4 Å². The quantitative estimate of drug-likeness (QED) is 0.764. The Morgan fingerprint density at radius 3 is 2.71 bits per heavy atom. The lowest BCUT2D eigenvalue weighted by molar-refractivity contribution is -0.135. The Hall–Kier alpha value is -2.08. The minimum atomic E-state index is -0.626. The van der Waals surface area contributed by atoms with Crippen molar-refractivity contribution >= 4 is 11.9 Å². The van der Waals surface area contributed by atoms with Gasteiger partial charge in [-0.1, -0.05) is 31.2 Å². The number of hydrogen-bond acceptors (Lipinski definition) is 3. The minimum Gasteiger partial charge on any atom is -0.352 e.